The van der Waals surface area contributed by atoms with Gasteiger partial charge in [0.05, 0.1) is 24.7 Å². The Morgan fingerprint density at radius 3 is 2.57 bits per heavy atom. The first-order valence-corrected chi connectivity index (χ1v) is 9.48. The van der Waals surface area contributed by atoms with Crippen LogP contribution in [-0.4, -0.2) is 30.5 Å². The first-order valence-electron chi connectivity index (χ1n) is 8.71. The Balaban J connectivity index is 1.73. The summed E-state index contributed by atoms with van der Waals surface area (Å²) in [6.07, 6.45) is 0.335. The number of benzene rings is 2. The second kappa shape index (κ2) is 9.14. The minimum Gasteiger partial charge on any atom is -0.469 e. The van der Waals surface area contributed by atoms with E-state index in [0.717, 1.165) is 23.1 Å². The van der Waals surface area contributed by atoms with Gasteiger partial charge in [-0.15, -0.1) is 15.1 Å². The minimum atomic E-state index is -0.228. The number of nitrogens with zero attached hydrogens (tertiary/aromatic N) is 5. The highest BCUT2D eigenvalue weighted by Gasteiger charge is 2.09. The number of azo groups is 1. The second-order valence-electron chi connectivity index (χ2n) is 5.90. The number of methoxy groups -OCH3 is 1. The normalized spacial score (nSPS) is 11.1. The number of hydrogen-bond acceptors (Lipinski definition) is 9. The van der Waals surface area contributed by atoms with Crippen LogP contribution in [0.1, 0.15) is 13.3 Å². The molecule has 3 aromatic rings. The number of nitroso groups, excluding NO2 is 1. The number of ether oxygens (including phenoxy) is 1. The Morgan fingerprint density at radius 2 is 1.89 bits per heavy atom. The summed E-state index contributed by atoms with van der Waals surface area (Å²) in [5, 5.41) is 12.9. The van der Waals surface area contributed by atoms with E-state index in [2.05, 4.69) is 24.7 Å². The molecule has 0 N–H and O–H groups in total. The molecule has 0 spiro atoms. The van der Waals surface area contributed by atoms with Crippen molar-refractivity contribution in [3.8, 4) is 0 Å². The molecule has 28 heavy (non-hydrogen) atoms. The molecule has 0 amide bonds. The summed E-state index contributed by atoms with van der Waals surface area (Å²) in [4.78, 5) is 24.2. The van der Waals surface area contributed by atoms with Crippen molar-refractivity contribution in [1.29, 1.82) is 0 Å². The van der Waals surface area contributed by atoms with Gasteiger partial charge in [-0.3, -0.25) is 4.79 Å². The molecule has 0 aliphatic heterocycles. The van der Waals surface area contributed by atoms with Crippen LogP contribution < -0.4 is 4.90 Å². The van der Waals surface area contributed by atoms with Crippen molar-refractivity contribution in [3.63, 3.8) is 0 Å². The third-order valence-corrected chi connectivity index (χ3v) is 4.98. The molecular formula is C19H19N5O3S. The largest absolute Gasteiger partial charge is 0.469 e. The van der Waals surface area contributed by atoms with Crippen molar-refractivity contribution in [3.05, 3.63) is 47.4 Å². The molecule has 3 rings (SSSR count). The van der Waals surface area contributed by atoms with Crippen molar-refractivity contribution in [2.45, 2.75) is 13.3 Å². The first-order chi connectivity index (χ1) is 13.6. The summed E-state index contributed by atoms with van der Waals surface area (Å²) in [5.74, 6) is -0.228. The highest BCUT2D eigenvalue weighted by atomic mass is 32.1. The van der Waals surface area contributed by atoms with Gasteiger partial charge in [0.25, 0.3) is 0 Å². The number of esters is 1. The van der Waals surface area contributed by atoms with Crippen LogP contribution in [0.3, 0.4) is 0 Å². The van der Waals surface area contributed by atoms with E-state index in [0.29, 0.717) is 29.3 Å². The van der Waals surface area contributed by atoms with Gasteiger partial charge in [-0.25, -0.2) is 0 Å². The molecule has 0 bridgehead atoms. The van der Waals surface area contributed by atoms with E-state index in [1.54, 1.807) is 18.2 Å². The summed E-state index contributed by atoms with van der Waals surface area (Å²) < 4.78 is 8.99. The van der Waals surface area contributed by atoms with Crippen molar-refractivity contribution >= 4 is 50.5 Å². The highest BCUT2D eigenvalue weighted by Crippen LogP contribution is 2.34. The quantitative estimate of drug-likeness (QED) is 0.284. The average Bonchev–Trinajstić information content (AvgIpc) is 3.15. The maximum Gasteiger partial charge on any atom is 0.307 e. The molecule has 0 unspecified atom stereocenters. The van der Waals surface area contributed by atoms with E-state index < -0.39 is 0 Å². The first kappa shape index (κ1) is 19.6. The summed E-state index contributed by atoms with van der Waals surface area (Å²) in [7, 11) is 1.39. The number of carbonyl (C=O) groups excluding carboxylic acids is 1. The fourth-order valence-corrected chi connectivity index (χ4v) is 3.36. The van der Waals surface area contributed by atoms with Gasteiger partial charge in [0.1, 0.15) is 5.69 Å². The van der Waals surface area contributed by atoms with E-state index in [9.17, 15) is 9.70 Å². The van der Waals surface area contributed by atoms with E-state index in [1.807, 2.05) is 31.2 Å². The Bertz CT molecular complexity index is 1000. The van der Waals surface area contributed by atoms with E-state index in [-0.39, 0.29) is 5.97 Å². The lowest BCUT2D eigenvalue weighted by Gasteiger charge is -2.22. The van der Waals surface area contributed by atoms with Gasteiger partial charge in [-0.05, 0) is 66.1 Å². The Kier molecular flexibility index (Phi) is 6.38. The lowest BCUT2D eigenvalue weighted by Crippen LogP contribution is -2.25. The number of hydrogen-bond donors (Lipinski definition) is 0. The monoisotopic (exact) mass is 397 g/mol. The smallest absolute Gasteiger partial charge is 0.307 e. The molecule has 0 saturated heterocycles. The fraction of sp³-hybridized carbons (Fsp3) is 0.263. The number of carbonyl (C=O) groups is 1. The van der Waals surface area contributed by atoms with Crippen LogP contribution in [0.25, 0.3) is 10.9 Å². The molecular weight excluding hydrogens is 378 g/mol. The van der Waals surface area contributed by atoms with Crippen LogP contribution in [0.5, 0.6) is 0 Å². The zero-order valence-corrected chi connectivity index (χ0v) is 16.3. The molecule has 0 saturated carbocycles. The van der Waals surface area contributed by atoms with E-state index in [4.69, 9.17) is 4.74 Å². The minimum absolute atomic E-state index is 0.228. The zero-order chi connectivity index (χ0) is 19.9. The summed E-state index contributed by atoms with van der Waals surface area (Å²) in [6, 6.07) is 12.6. The highest BCUT2D eigenvalue weighted by molar-refractivity contribution is 7.11. The summed E-state index contributed by atoms with van der Waals surface area (Å²) in [5.41, 5.74) is 2.78. The molecule has 2 aromatic carbocycles. The third kappa shape index (κ3) is 4.55. The van der Waals surface area contributed by atoms with Gasteiger partial charge in [0.15, 0.2) is 5.00 Å². The van der Waals surface area contributed by atoms with Crippen molar-refractivity contribution in [2.75, 3.05) is 25.1 Å². The maximum atomic E-state index is 11.3. The van der Waals surface area contributed by atoms with Crippen LogP contribution >= 0.6 is 11.5 Å². The topological polar surface area (TPSA) is 96.6 Å². The molecule has 0 aliphatic carbocycles. The Hall–Kier alpha value is -3.20. The molecule has 0 radical (unpaired) electrons. The molecule has 0 fully saturated rings. The Labute approximate surface area is 166 Å². The molecule has 9 heteroatoms. The third-order valence-electron chi connectivity index (χ3n) is 4.21. The summed E-state index contributed by atoms with van der Waals surface area (Å²) >= 11 is 1.22. The molecule has 1 aromatic heterocycles. The summed E-state index contributed by atoms with van der Waals surface area (Å²) in [6.45, 7) is 3.39. The molecule has 0 atom stereocenters. The molecule has 1 heterocycles. The van der Waals surface area contributed by atoms with Crippen LogP contribution in [-0.2, 0) is 9.53 Å². The van der Waals surface area contributed by atoms with Gasteiger partial charge >= 0.3 is 5.97 Å². The SMILES string of the molecule is CCN(CCC(=O)OC)c1ccc(N=Nc2snc3ccc(N=O)cc23)cc1. The van der Waals surface area contributed by atoms with Crippen molar-refractivity contribution < 1.29 is 9.53 Å². The molecule has 144 valence electrons. The fourth-order valence-electron chi connectivity index (χ4n) is 2.68. The van der Waals surface area contributed by atoms with Crippen LogP contribution in [0.2, 0.25) is 0 Å². The second-order valence-corrected chi connectivity index (χ2v) is 6.65. The molecule has 0 aliphatic rings. The van der Waals surface area contributed by atoms with Crippen LogP contribution in [0.15, 0.2) is 57.9 Å². The number of anilines is 1. The lowest BCUT2D eigenvalue weighted by atomic mass is 10.2. The average molecular weight is 397 g/mol. The van der Waals surface area contributed by atoms with Crippen molar-refractivity contribution in [2.24, 2.45) is 15.4 Å². The zero-order valence-electron chi connectivity index (χ0n) is 15.5. The number of fused-ring (bicyclic) bond motifs is 1. The van der Waals surface area contributed by atoms with Gasteiger partial charge in [0, 0.05) is 24.2 Å². The lowest BCUT2D eigenvalue weighted by molar-refractivity contribution is -0.140. The van der Waals surface area contributed by atoms with Gasteiger partial charge in [0.2, 0.25) is 0 Å². The van der Waals surface area contributed by atoms with Gasteiger partial charge in [-0.1, -0.05) is 0 Å². The van der Waals surface area contributed by atoms with Gasteiger partial charge < -0.3 is 9.64 Å². The predicted molar refractivity (Wildman–Crippen MR) is 110 cm³/mol. The standard InChI is InChI=1S/C19H19N5O3S/c1-3-24(11-10-18(25)27-2)15-7-4-13(5-8-15)20-21-19-16-12-14(22-26)6-9-17(16)23-28-19/h4-9,12H,3,10-11H2,1-2H3. The maximum absolute atomic E-state index is 11.3. The van der Waals surface area contributed by atoms with E-state index in [1.165, 1.54) is 18.6 Å². The van der Waals surface area contributed by atoms with Crippen LogP contribution in [0, 0.1) is 4.91 Å². The van der Waals surface area contributed by atoms with Crippen LogP contribution in [0.4, 0.5) is 22.1 Å². The number of aromatic nitrogens is 1. The predicted octanol–water partition coefficient (Wildman–Crippen LogP) is 5.50. The van der Waals surface area contributed by atoms with Gasteiger partial charge in [-0.2, -0.15) is 4.37 Å². The van der Waals surface area contributed by atoms with Crippen molar-refractivity contribution in [1.82, 2.24) is 4.37 Å². The molecule has 8 nitrogen and oxygen atoms in total. The number of rotatable bonds is 8. The Morgan fingerprint density at radius 1 is 1.14 bits per heavy atom. The van der Waals surface area contributed by atoms with E-state index >= 15 is 0 Å².